The Morgan fingerprint density at radius 3 is 2.72 bits per heavy atom. The van der Waals surface area contributed by atoms with Gasteiger partial charge < -0.3 is 5.32 Å². The molecule has 0 aliphatic heterocycles. The van der Waals surface area contributed by atoms with Gasteiger partial charge in [0.05, 0.1) is 11.4 Å². The lowest BCUT2D eigenvalue weighted by Crippen LogP contribution is -1.94. The summed E-state index contributed by atoms with van der Waals surface area (Å²) in [5.74, 6) is -0.401. The van der Waals surface area contributed by atoms with E-state index < -0.39 is 5.82 Å². The molecular weight excluding hydrogens is 401 g/mol. The summed E-state index contributed by atoms with van der Waals surface area (Å²) in [4.78, 5) is 4.52. The van der Waals surface area contributed by atoms with Gasteiger partial charge in [0.25, 0.3) is 0 Å². The quantitative estimate of drug-likeness (QED) is 0.533. The molecule has 1 N–H and O–H groups in total. The highest BCUT2D eigenvalue weighted by Gasteiger charge is 2.09. The van der Waals surface area contributed by atoms with Crippen molar-refractivity contribution in [3.63, 3.8) is 0 Å². The number of nitrogens with zero attached hydrogens (tertiary/aromatic N) is 2. The Bertz CT molecular complexity index is 971. The molecule has 25 heavy (non-hydrogen) atoms. The van der Waals surface area contributed by atoms with Crippen LogP contribution in [0.3, 0.4) is 0 Å². The van der Waals surface area contributed by atoms with Crippen LogP contribution in [0.15, 0.2) is 58.5 Å². The molecule has 3 rings (SSSR count). The summed E-state index contributed by atoms with van der Waals surface area (Å²) in [6.07, 6.45) is 1.48. The Morgan fingerprint density at radius 1 is 1.28 bits per heavy atom. The Hall–Kier alpha value is -2.49. The molecule has 6 heteroatoms. The maximum atomic E-state index is 13.8. The highest BCUT2D eigenvalue weighted by Crippen LogP contribution is 2.27. The van der Waals surface area contributed by atoms with Gasteiger partial charge in [0.15, 0.2) is 0 Å². The fraction of sp³-hybridized carbons (Fsp3) is 0.0526. The van der Waals surface area contributed by atoms with Crippen LogP contribution in [-0.4, -0.2) is 4.98 Å². The number of hydrogen-bond donors (Lipinski definition) is 1. The first-order valence-corrected chi connectivity index (χ1v) is 9.09. The Kier molecular flexibility index (Phi) is 5.27. The second-order valence-corrected chi connectivity index (χ2v) is 7.12. The van der Waals surface area contributed by atoms with Crippen molar-refractivity contribution in [1.29, 1.82) is 5.26 Å². The lowest BCUT2D eigenvalue weighted by Gasteiger charge is -2.03. The monoisotopic (exact) mass is 413 g/mol. The van der Waals surface area contributed by atoms with Gasteiger partial charge in [0.1, 0.15) is 22.5 Å². The second kappa shape index (κ2) is 7.60. The largest absolute Gasteiger partial charge is 0.358 e. The Balaban J connectivity index is 1.84. The van der Waals surface area contributed by atoms with Gasteiger partial charge in [-0.15, -0.1) is 11.3 Å². The summed E-state index contributed by atoms with van der Waals surface area (Å²) < 4.78 is 14.5. The number of allylic oxidation sites excluding steroid dienone is 1. The molecule has 0 bridgehead atoms. The number of thiazole rings is 1. The van der Waals surface area contributed by atoms with Crippen LogP contribution in [0.1, 0.15) is 10.6 Å². The summed E-state index contributed by atoms with van der Waals surface area (Å²) in [6.45, 7) is 2.03. The molecule has 1 heterocycles. The molecular formula is C19H13BrFN3S. The first-order chi connectivity index (χ1) is 12.1. The van der Waals surface area contributed by atoms with Crippen molar-refractivity contribution in [3.05, 3.63) is 74.9 Å². The van der Waals surface area contributed by atoms with Gasteiger partial charge >= 0.3 is 0 Å². The van der Waals surface area contributed by atoms with Crippen molar-refractivity contribution >= 4 is 38.5 Å². The summed E-state index contributed by atoms with van der Waals surface area (Å²) in [5, 5.41) is 14.7. The van der Waals surface area contributed by atoms with Crippen LogP contribution >= 0.6 is 27.3 Å². The third-order valence-electron chi connectivity index (χ3n) is 3.51. The van der Waals surface area contributed by atoms with E-state index in [9.17, 15) is 9.65 Å². The van der Waals surface area contributed by atoms with Crippen molar-refractivity contribution in [2.75, 3.05) is 5.32 Å². The molecule has 0 amide bonds. The molecule has 0 radical (unpaired) electrons. The molecule has 0 saturated heterocycles. The smallest absolute Gasteiger partial charge is 0.147 e. The van der Waals surface area contributed by atoms with Gasteiger partial charge in [-0.1, -0.05) is 45.8 Å². The fourth-order valence-corrected chi connectivity index (χ4v) is 3.28. The lowest BCUT2D eigenvalue weighted by atomic mass is 10.1. The Morgan fingerprint density at radius 2 is 2.04 bits per heavy atom. The van der Waals surface area contributed by atoms with Crippen molar-refractivity contribution in [3.8, 4) is 17.3 Å². The van der Waals surface area contributed by atoms with Crippen molar-refractivity contribution in [2.45, 2.75) is 6.92 Å². The highest BCUT2D eigenvalue weighted by molar-refractivity contribution is 9.10. The van der Waals surface area contributed by atoms with E-state index in [4.69, 9.17) is 0 Å². The third kappa shape index (κ3) is 4.13. The zero-order valence-corrected chi connectivity index (χ0v) is 15.7. The van der Waals surface area contributed by atoms with E-state index in [-0.39, 0.29) is 0 Å². The number of nitriles is 1. The molecule has 0 aliphatic rings. The number of hydrogen-bond acceptors (Lipinski definition) is 4. The summed E-state index contributed by atoms with van der Waals surface area (Å²) in [6, 6.07) is 14.8. The number of halogens is 2. The van der Waals surface area contributed by atoms with Gasteiger partial charge in [0.2, 0.25) is 0 Å². The minimum absolute atomic E-state index is 0.297. The van der Waals surface area contributed by atoms with Crippen LogP contribution in [0.25, 0.3) is 16.8 Å². The van der Waals surface area contributed by atoms with E-state index >= 15 is 0 Å². The summed E-state index contributed by atoms with van der Waals surface area (Å²) in [5.41, 5.74) is 3.64. The maximum Gasteiger partial charge on any atom is 0.147 e. The maximum absolute atomic E-state index is 13.8. The molecule has 0 spiro atoms. The molecule has 0 fully saturated rings. The molecule has 3 nitrogen and oxygen atoms in total. The van der Waals surface area contributed by atoms with Gasteiger partial charge in [-0.25, -0.2) is 9.37 Å². The number of aryl methyl sites for hydroxylation is 1. The first-order valence-electron chi connectivity index (χ1n) is 7.41. The standard InChI is InChI=1S/C19H13BrFN3S/c1-12-2-4-13(5-3-12)18-11-25-19(24-18)14(9-22)10-23-17-7-6-15(20)8-16(17)21/h2-8,10-11,23H,1H3. The number of anilines is 1. The van der Waals surface area contributed by atoms with Gasteiger partial charge in [0, 0.05) is 21.6 Å². The molecule has 0 unspecified atom stereocenters. The molecule has 2 aromatic carbocycles. The third-order valence-corrected chi connectivity index (χ3v) is 4.87. The number of rotatable bonds is 4. The van der Waals surface area contributed by atoms with Crippen LogP contribution in [0.2, 0.25) is 0 Å². The first kappa shape index (κ1) is 17.3. The van der Waals surface area contributed by atoms with E-state index in [1.54, 1.807) is 12.1 Å². The van der Waals surface area contributed by atoms with Gasteiger partial charge in [-0.3, -0.25) is 0 Å². The predicted octanol–water partition coefficient (Wildman–Crippen LogP) is 6.00. The van der Waals surface area contributed by atoms with Crippen LogP contribution in [0.5, 0.6) is 0 Å². The van der Waals surface area contributed by atoms with Crippen LogP contribution in [-0.2, 0) is 0 Å². The lowest BCUT2D eigenvalue weighted by molar-refractivity contribution is 0.631. The predicted molar refractivity (Wildman–Crippen MR) is 104 cm³/mol. The van der Waals surface area contributed by atoms with Crippen molar-refractivity contribution in [1.82, 2.24) is 4.98 Å². The normalized spacial score (nSPS) is 11.2. The number of benzene rings is 2. The average molecular weight is 414 g/mol. The summed E-state index contributed by atoms with van der Waals surface area (Å²) in [7, 11) is 0. The van der Waals surface area contributed by atoms with E-state index in [1.165, 1.54) is 29.2 Å². The van der Waals surface area contributed by atoms with Crippen LogP contribution in [0, 0.1) is 24.1 Å². The van der Waals surface area contributed by atoms with Crippen molar-refractivity contribution in [2.24, 2.45) is 0 Å². The van der Waals surface area contributed by atoms with Gasteiger partial charge in [-0.05, 0) is 25.1 Å². The molecule has 1 aromatic heterocycles. The van der Waals surface area contributed by atoms with Crippen molar-refractivity contribution < 1.29 is 4.39 Å². The molecule has 0 saturated carbocycles. The zero-order valence-electron chi connectivity index (χ0n) is 13.3. The molecule has 124 valence electrons. The fourth-order valence-electron chi connectivity index (χ4n) is 2.15. The number of nitrogens with one attached hydrogen (secondary N) is 1. The highest BCUT2D eigenvalue weighted by atomic mass is 79.9. The van der Waals surface area contributed by atoms with Crippen LogP contribution < -0.4 is 5.32 Å². The van der Waals surface area contributed by atoms with E-state index in [0.717, 1.165) is 11.3 Å². The topological polar surface area (TPSA) is 48.7 Å². The molecule has 3 aromatic rings. The molecule has 0 atom stereocenters. The second-order valence-electron chi connectivity index (χ2n) is 5.34. The minimum atomic E-state index is -0.401. The van der Waals surface area contributed by atoms with E-state index in [1.807, 2.05) is 36.6 Å². The van der Waals surface area contributed by atoms with Crippen LogP contribution in [0.4, 0.5) is 10.1 Å². The Labute approximate surface area is 157 Å². The van der Waals surface area contributed by atoms with E-state index in [2.05, 4.69) is 32.3 Å². The molecule has 0 aliphatic carbocycles. The number of aromatic nitrogens is 1. The minimum Gasteiger partial charge on any atom is -0.358 e. The SMILES string of the molecule is Cc1ccc(-c2csc(C(C#N)=CNc3ccc(Br)cc3F)n2)cc1. The average Bonchev–Trinajstić information content (AvgIpc) is 3.07. The van der Waals surface area contributed by atoms with Gasteiger partial charge in [-0.2, -0.15) is 5.26 Å². The zero-order chi connectivity index (χ0) is 17.8. The summed E-state index contributed by atoms with van der Waals surface area (Å²) >= 11 is 4.59. The van der Waals surface area contributed by atoms with E-state index in [0.29, 0.717) is 20.7 Å².